The Kier molecular flexibility index (Phi) is 2.79. The zero-order valence-electron chi connectivity index (χ0n) is 11.6. The highest BCUT2D eigenvalue weighted by molar-refractivity contribution is 5.91. The van der Waals surface area contributed by atoms with Crippen molar-refractivity contribution < 1.29 is 13.6 Å². The molecule has 6 heteroatoms. The zero-order chi connectivity index (χ0) is 15.3. The average Bonchev–Trinajstić information content (AvgIpc) is 3.31. The van der Waals surface area contributed by atoms with E-state index in [0.29, 0.717) is 17.0 Å². The molecule has 2 aliphatic heterocycles. The van der Waals surface area contributed by atoms with E-state index in [-0.39, 0.29) is 11.8 Å². The molecular formula is C16H13F2N3O. The lowest BCUT2D eigenvalue weighted by atomic mass is 9.99. The lowest BCUT2D eigenvalue weighted by Crippen LogP contribution is -2.48. The molecular weight excluding hydrogens is 288 g/mol. The van der Waals surface area contributed by atoms with E-state index in [0.717, 1.165) is 24.6 Å². The second-order valence-corrected chi connectivity index (χ2v) is 5.52. The van der Waals surface area contributed by atoms with E-state index in [1.165, 1.54) is 29.4 Å². The van der Waals surface area contributed by atoms with Crippen molar-refractivity contribution >= 4 is 11.5 Å². The topological polar surface area (TPSA) is 44.4 Å². The fourth-order valence-corrected chi connectivity index (χ4v) is 2.69. The van der Waals surface area contributed by atoms with Gasteiger partial charge < -0.3 is 5.32 Å². The minimum Gasteiger partial charge on any atom is -0.346 e. The molecule has 0 atom stereocenters. The summed E-state index contributed by atoms with van der Waals surface area (Å²) in [7, 11) is 0. The van der Waals surface area contributed by atoms with Crippen molar-refractivity contribution in [3.8, 4) is 0 Å². The summed E-state index contributed by atoms with van der Waals surface area (Å²) in [6, 6.07) is 3.54. The van der Waals surface area contributed by atoms with E-state index >= 15 is 0 Å². The molecule has 1 aromatic rings. The highest BCUT2D eigenvalue weighted by Crippen LogP contribution is 2.42. The molecule has 0 bridgehead atoms. The lowest BCUT2D eigenvalue weighted by Gasteiger charge is -2.34. The van der Waals surface area contributed by atoms with E-state index < -0.39 is 11.6 Å². The maximum absolute atomic E-state index is 14.1. The molecule has 0 radical (unpaired) electrons. The van der Waals surface area contributed by atoms with Gasteiger partial charge in [-0.05, 0) is 31.1 Å². The van der Waals surface area contributed by atoms with Gasteiger partial charge >= 0.3 is 0 Å². The fourth-order valence-electron chi connectivity index (χ4n) is 2.69. The van der Waals surface area contributed by atoms with Gasteiger partial charge in [-0.15, -0.1) is 0 Å². The number of amides is 1. The molecule has 0 saturated heterocycles. The summed E-state index contributed by atoms with van der Waals surface area (Å²) in [6.45, 7) is 0. The quantitative estimate of drug-likeness (QED) is 0.881. The fraction of sp³-hybridized carbons (Fsp3) is 0.188. The Balaban J connectivity index is 1.84. The van der Waals surface area contributed by atoms with Crippen molar-refractivity contribution in [3.63, 3.8) is 0 Å². The summed E-state index contributed by atoms with van der Waals surface area (Å²) in [5, 5.41) is 4.36. The second-order valence-electron chi connectivity index (χ2n) is 5.52. The van der Waals surface area contributed by atoms with Crippen LogP contribution < -0.4 is 10.7 Å². The Labute approximate surface area is 125 Å². The van der Waals surface area contributed by atoms with Crippen LogP contribution in [0.5, 0.6) is 0 Å². The third kappa shape index (κ3) is 2.07. The largest absolute Gasteiger partial charge is 0.346 e. The smallest absolute Gasteiger partial charge is 0.272 e. The van der Waals surface area contributed by atoms with Crippen molar-refractivity contribution in [1.82, 2.24) is 15.8 Å². The number of nitrogens with one attached hydrogen (secondary N) is 2. The van der Waals surface area contributed by atoms with Crippen LogP contribution in [0.25, 0.3) is 5.57 Å². The van der Waals surface area contributed by atoms with E-state index in [1.807, 2.05) is 0 Å². The van der Waals surface area contributed by atoms with Gasteiger partial charge in [0.05, 0.1) is 0 Å². The van der Waals surface area contributed by atoms with Crippen LogP contribution >= 0.6 is 0 Å². The molecule has 2 heterocycles. The molecule has 1 aliphatic carbocycles. The predicted octanol–water partition coefficient (Wildman–Crippen LogP) is 2.39. The van der Waals surface area contributed by atoms with Crippen molar-refractivity contribution in [2.45, 2.75) is 12.8 Å². The van der Waals surface area contributed by atoms with Crippen LogP contribution in [0.2, 0.25) is 0 Å². The predicted molar refractivity (Wildman–Crippen MR) is 76.3 cm³/mol. The molecule has 1 saturated carbocycles. The van der Waals surface area contributed by atoms with Gasteiger partial charge in [-0.2, -0.15) is 0 Å². The van der Waals surface area contributed by atoms with E-state index in [4.69, 9.17) is 0 Å². The van der Waals surface area contributed by atoms with Crippen LogP contribution in [0.1, 0.15) is 18.4 Å². The second kappa shape index (κ2) is 4.69. The van der Waals surface area contributed by atoms with Crippen LogP contribution in [0, 0.1) is 17.6 Å². The molecule has 0 spiro atoms. The molecule has 1 fully saturated rings. The number of hydrogen-bond acceptors (Lipinski definition) is 3. The molecule has 3 aliphatic rings. The number of allylic oxidation sites excluding steroid dienone is 3. The summed E-state index contributed by atoms with van der Waals surface area (Å²) < 4.78 is 27.3. The number of carbonyl (C=O) groups excluding carboxylic acids is 1. The monoisotopic (exact) mass is 301 g/mol. The Morgan fingerprint density at radius 1 is 1.23 bits per heavy atom. The molecule has 0 unspecified atom stereocenters. The molecule has 1 aromatic carbocycles. The Bertz CT molecular complexity index is 763. The molecule has 4 rings (SSSR count). The van der Waals surface area contributed by atoms with Crippen molar-refractivity contribution in [2.75, 3.05) is 0 Å². The molecule has 2 N–H and O–H groups in total. The van der Waals surface area contributed by atoms with Crippen LogP contribution in [0.15, 0.2) is 48.1 Å². The minimum absolute atomic E-state index is 0.193. The molecule has 112 valence electrons. The van der Waals surface area contributed by atoms with Gasteiger partial charge in [0.15, 0.2) is 0 Å². The number of halogens is 2. The number of fused-ring (bicyclic) bond motifs is 1. The van der Waals surface area contributed by atoms with Gasteiger partial charge in [-0.1, -0.05) is 0 Å². The summed E-state index contributed by atoms with van der Waals surface area (Å²) in [6.07, 6.45) is 6.65. The van der Waals surface area contributed by atoms with E-state index in [2.05, 4.69) is 10.7 Å². The molecule has 0 aromatic heterocycles. The van der Waals surface area contributed by atoms with Gasteiger partial charge in [0.2, 0.25) is 0 Å². The van der Waals surface area contributed by atoms with Crippen molar-refractivity contribution in [1.29, 1.82) is 0 Å². The average molecular weight is 301 g/mol. The third-order valence-electron chi connectivity index (χ3n) is 3.93. The normalized spacial score (nSPS) is 20.4. The third-order valence-corrected chi connectivity index (χ3v) is 3.93. The summed E-state index contributed by atoms with van der Waals surface area (Å²) in [5.41, 5.74) is 4.86. The maximum atomic E-state index is 14.1. The number of benzene rings is 1. The molecule has 4 nitrogen and oxygen atoms in total. The summed E-state index contributed by atoms with van der Waals surface area (Å²) in [4.78, 5) is 11.9. The van der Waals surface area contributed by atoms with Crippen molar-refractivity contribution in [2.24, 2.45) is 5.92 Å². The number of hydrogen-bond donors (Lipinski definition) is 2. The van der Waals surface area contributed by atoms with Gasteiger partial charge in [-0.3, -0.25) is 10.2 Å². The highest BCUT2D eigenvalue weighted by Gasteiger charge is 2.35. The number of carbonyl (C=O) groups is 1. The Hall–Kier alpha value is -2.63. The number of nitrogens with zero attached hydrogens (tertiary/aromatic N) is 1. The zero-order valence-corrected chi connectivity index (χ0v) is 11.6. The minimum atomic E-state index is -0.613. The van der Waals surface area contributed by atoms with Crippen LogP contribution in [0.3, 0.4) is 0 Å². The van der Waals surface area contributed by atoms with E-state index in [1.54, 1.807) is 6.08 Å². The first-order valence-corrected chi connectivity index (χ1v) is 7.08. The van der Waals surface area contributed by atoms with Gasteiger partial charge in [-0.25, -0.2) is 13.8 Å². The first kappa shape index (κ1) is 13.1. The Morgan fingerprint density at radius 2 is 2.05 bits per heavy atom. The molecule has 1 amide bonds. The number of hydrazine groups is 1. The lowest BCUT2D eigenvalue weighted by molar-refractivity contribution is -0.127. The van der Waals surface area contributed by atoms with Crippen LogP contribution in [0.4, 0.5) is 8.78 Å². The van der Waals surface area contributed by atoms with Gasteiger partial charge in [0.1, 0.15) is 17.5 Å². The van der Waals surface area contributed by atoms with Gasteiger partial charge in [0.25, 0.3) is 5.91 Å². The SMILES string of the molecule is O=C1C=CNC2=CC(c3ccc(F)cc3F)=C(C3CC3)NN12. The van der Waals surface area contributed by atoms with Gasteiger partial charge in [0, 0.05) is 41.1 Å². The summed E-state index contributed by atoms with van der Waals surface area (Å²) in [5.74, 6) is -0.618. The Morgan fingerprint density at radius 3 is 2.77 bits per heavy atom. The summed E-state index contributed by atoms with van der Waals surface area (Å²) >= 11 is 0. The number of rotatable bonds is 2. The van der Waals surface area contributed by atoms with Crippen LogP contribution in [-0.2, 0) is 4.79 Å². The first-order chi connectivity index (χ1) is 10.6. The van der Waals surface area contributed by atoms with E-state index in [9.17, 15) is 13.6 Å². The van der Waals surface area contributed by atoms with Crippen LogP contribution in [-0.4, -0.2) is 10.9 Å². The first-order valence-electron chi connectivity index (χ1n) is 7.08. The van der Waals surface area contributed by atoms with Crippen molar-refractivity contribution in [3.05, 3.63) is 65.3 Å². The standard InChI is InChI=1S/C16H13F2N3O/c17-10-3-4-11(13(18)7-10)12-8-14-19-6-5-15(22)21(14)20-16(12)9-1-2-9/h3-9,19-20H,1-2H2. The molecule has 22 heavy (non-hydrogen) atoms. The highest BCUT2D eigenvalue weighted by atomic mass is 19.1. The maximum Gasteiger partial charge on any atom is 0.272 e.